The van der Waals surface area contributed by atoms with E-state index >= 15 is 0 Å². The first kappa shape index (κ1) is 18.0. The van der Waals surface area contributed by atoms with Crippen LogP contribution in [-0.2, 0) is 4.79 Å². The highest BCUT2D eigenvalue weighted by Crippen LogP contribution is 2.38. The normalized spacial score (nSPS) is 21.6. The van der Waals surface area contributed by atoms with E-state index in [9.17, 15) is 9.90 Å². The SMILES string of the molecule is CCC/C(O)=C1/C(=O)CC(C)(C)CC1=Nc1ccc(Cl)cc1Cl. The van der Waals surface area contributed by atoms with Crippen LogP contribution < -0.4 is 0 Å². The number of Topliss-reactive ketones (excluding diaryl/α,β-unsaturated/α-hetero) is 1. The van der Waals surface area contributed by atoms with Crippen molar-refractivity contribution in [3.63, 3.8) is 0 Å². The lowest BCUT2D eigenvalue weighted by atomic mass is 9.73. The van der Waals surface area contributed by atoms with Crippen LogP contribution in [0.3, 0.4) is 0 Å². The average Bonchev–Trinajstić information content (AvgIpc) is 2.40. The molecule has 0 unspecified atom stereocenters. The van der Waals surface area contributed by atoms with Crippen LogP contribution in [0.25, 0.3) is 0 Å². The molecule has 0 spiro atoms. The highest BCUT2D eigenvalue weighted by molar-refractivity contribution is 6.36. The Morgan fingerprint density at radius 1 is 1.30 bits per heavy atom. The van der Waals surface area contributed by atoms with Gasteiger partial charge in [-0.1, -0.05) is 44.0 Å². The molecule has 0 atom stereocenters. The van der Waals surface area contributed by atoms with Crippen LogP contribution >= 0.6 is 23.2 Å². The third kappa shape index (κ3) is 4.36. The molecule has 1 aliphatic carbocycles. The molecule has 1 aromatic rings. The second kappa shape index (κ2) is 7.06. The largest absolute Gasteiger partial charge is 0.511 e. The number of carbonyl (C=O) groups excluding carboxylic acids is 1. The number of aliphatic imine (C=N–C) groups is 1. The molecule has 1 fully saturated rings. The van der Waals surface area contributed by atoms with Crippen molar-refractivity contribution in [3.8, 4) is 0 Å². The molecule has 0 aromatic heterocycles. The molecule has 5 heteroatoms. The minimum absolute atomic E-state index is 0.0592. The fourth-order valence-electron chi connectivity index (χ4n) is 2.79. The first-order chi connectivity index (χ1) is 10.7. The third-order valence-corrected chi connectivity index (χ3v) is 4.33. The molecule has 23 heavy (non-hydrogen) atoms. The van der Waals surface area contributed by atoms with Gasteiger partial charge in [0.2, 0.25) is 0 Å². The standard InChI is InChI=1S/C18H21Cl2NO2/c1-4-5-15(22)17-14(9-18(2,3)10-16(17)23)21-13-7-6-11(19)8-12(13)20/h6-8,22H,4-5,9-10H2,1-3H3/b17-15-,21-14?. The zero-order valence-corrected chi connectivity index (χ0v) is 15.1. The zero-order valence-electron chi connectivity index (χ0n) is 13.6. The van der Waals surface area contributed by atoms with Gasteiger partial charge in [0.05, 0.1) is 22.0 Å². The van der Waals surface area contributed by atoms with Crippen molar-refractivity contribution < 1.29 is 9.90 Å². The quantitative estimate of drug-likeness (QED) is 0.529. The maximum Gasteiger partial charge on any atom is 0.168 e. The number of carbonyl (C=O) groups is 1. The maximum atomic E-state index is 12.5. The van der Waals surface area contributed by atoms with Crippen LogP contribution in [0.2, 0.25) is 10.0 Å². The molecule has 3 nitrogen and oxygen atoms in total. The molecule has 1 aromatic carbocycles. The highest BCUT2D eigenvalue weighted by Gasteiger charge is 2.36. The number of allylic oxidation sites excluding steroid dienone is 2. The Morgan fingerprint density at radius 3 is 2.61 bits per heavy atom. The number of rotatable bonds is 3. The van der Waals surface area contributed by atoms with E-state index in [2.05, 4.69) is 4.99 Å². The summed E-state index contributed by atoms with van der Waals surface area (Å²) in [6, 6.07) is 5.05. The molecule has 0 amide bonds. The molecule has 0 heterocycles. The van der Waals surface area contributed by atoms with Gasteiger partial charge in [-0.05, 0) is 36.5 Å². The highest BCUT2D eigenvalue weighted by atomic mass is 35.5. The Labute approximate surface area is 147 Å². The van der Waals surface area contributed by atoms with Gasteiger partial charge >= 0.3 is 0 Å². The van der Waals surface area contributed by atoms with E-state index in [1.54, 1.807) is 18.2 Å². The molecule has 1 saturated carbocycles. The number of aliphatic hydroxyl groups excluding tert-OH is 1. The van der Waals surface area contributed by atoms with Crippen LogP contribution in [0, 0.1) is 5.41 Å². The molecule has 0 bridgehead atoms. The molecule has 0 aliphatic heterocycles. The predicted molar refractivity (Wildman–Crippen MR) is 96.1 cm³/mol. The summed E-state index contributed by atoms with van der Waals surface area (Å²) < 4.78 is 0. The third-order valence-electron chi connectivity index (χ3n) is 3.79. The molecule has 1 aliphatic rings. The van der Waals surface area contributed by atoms with E-state index in [4.69, 9.17) is 23.2 Å². The fraction of sp³-hybridized carbons (Fsp3) is 0.444. The number of ketones is 1. The number of hydrogen-bond acceptors (Lipinski definition) is 3. The van der Waals surface area contributed by atoms with Gasteiger partial charge in [-0.15, -0.1) is 0 Å². The fourth-order valence-corrected chi connectivity index (χ4v) is 3.24. The first-order valence-corrected chi connectivity index (χ1v) is 8.47. The van der Waals surface area contributed by atoms with Gasteiger partial charge in [0, 0.05) is 17.9 Å². The summed E-state index contributed by atoms with van der Waals surface area (Å²) in [5.41, 5.74) is 1.32. The average molecular weight is 354 g/mol. The second-order valence-electron chi connectivity index (χ2n) is 6.67. The predicted octanol–water partition coefficient (Wildman–Crippen LogP) is 6.07. The lowest BCUT2D eigenvalue weighted by Crippen LogP contribution is -2.32. The zero-order chi connectivity index (χ0) is 17.2. The summed E-state index contributed by atoms with van der Waals surface area (Å²) in [4.78, 5) is 17.1. The minimum atomic E-state index is -0.190. The number of halogens is 2. The number of benzene rings is 1. The van der Waals surface area contributed by atoms with E-state index in [-0.39, 0.29) is 17.0 Å². The smallest absolute Gasteiger partial charge is 0.168 e. The summed E-state index contributed by atoms with van der Waals surface area (Å²) in [5.74, 6) is 0.0628. The summed E-state index contributed by atoms with van der Waals surface area (Å²) in [6.45, 7) is 6.01. The van der Waals surface area contributed by atoms with Crippen LogP contribution in [0.15, 0.2) is 34.5 Å². The monoisotopic (exact) mass is 353 g/mol. The number of aliphatic hydroxyl groups is 1. The van der Waals surface area contributed by atoms with Crippen molar-refractivity contribution in [2.24, 2.45) is 10.4 Å². The van der Waals surface area contributed by atoms with Crippen LogP contribution in [0.1, 0.15) is 46.5 Å². The Morgan fingerprint density at radius 2 is 2.00 bits per heavy atom. The Balaban J connectivity index is 2.54. The van der Waals surface area contributed by atoms with Crippen molar-refractivity contribution in [3.05, 3.63) is 39.6 Å². The van der Waals surface area contributed by atoms with E-state index in [1.807, 2.05) is 20.8 Å². The van der Waals surface area contributed by atoms with Crippen LogP contribution in [0.4, 0.5) is 5.69 Å². The van der Waals surface area contributed by atoms with Gasteiger partial charge in [0.15, 0.2) is 5.78 Å². The van der Waals surface area contributed by atoms with Crippen molar-refractivity contribution in [2.75, 3.05) is 0 Å². The van der Waals surface area contributed by atoms with Gasteiger partial charge < -0.3 is 5.11 Å². The lowest BCUT2D eigenvalue weighted by Gasteiger charge is -2.31. The van der Waals surface area contributed by atoms with Gasteiger partial charge in [-0.3, -0.25) is 9.79 Å². The van der Waals surface area contributed by atoms with E-state index in [1.165, 1.54) is 0 Å². The molecule has 2 rings (SSSR count). The van der Waals surface area contributed by atoms with E-state index < -0.39 is 0 Å². The van der Waals surface area contributed by atoms with Gasteiger partial charge in [0.1, 0.15) is 5.76 Å². The Kier molecular flexibility index (Phi) is 5.53. The van der Waals surface area contributed by atoms with Crippen molar-refractivity contribution in [1.29, 1.82) is 0 Å². The van der Waals surface area contributed by atoms with Crippen LogP contribution in [0.5, 0.6) is 0 Å². The van der Waals surface area contributed by atoms with E-state index in [0.29, 0.717) is 46.3 Å². The molecule has 124 valence electrons. The summed E-state index contributed by atoms with van der Waals surface area (Å²) in [7, 11) is 0. The Hall–Kier alpha value is -1.32. The lowest BCUT2D eigenvalue weighted by molar-refractivity contribution is -0.117. The van der Waals surface area contributed by atoms with Crippen LogP contribution in [-0.4, -0.2) is 16.6 Å². The molecule has 1 N–H and O–H groups in total. The van der Waals surface area contributed by atoms with Gasteiger partial charge in [-0.25, -0.2) is 0 Å². The maximum absolute atomic E-state index is 12.5. The molecular formula is C18H21Cl2NO2. The van der Waals surface area contributed by atoms with Gasteiger partial charge in [-0.2, -0.15) is 0 Å². The summed E-state index contributed by atoms with van der Waals surface area (Å²) in [5, 5.41) is 11.3. The van der Waals surface area contributed by atoms with Gasteiger partial charge in [0.25, 0.3) is 0 Å². The minimum Gasteiger partial charge on any atom is -0.511 e. The van der Waals surface area contributed by atoms with Crippen molar-refractivity contribution >= 4 is 40.4 Å². The first-order valence-electron chi connectivity index (χ1n) is 7.72. The van der Waals surface area contributed by atoms with E-state index in [0.717, 1.165) is 6.42 Å². The Bertz CT molecular complexity index is 690. The van der Waals surface area contributed by atoms with Crippen molar-refractivity contribution in [1.82, 2.24) is 0 Å². The van der Waals surface area contributed by atoms with Crippen molar-refractivity contribution in [2.45, 2.75) is 46.5 Å². The second-order valence-corrected chi connectivity index (χ2v) is 7.51. The molecule has 0 saturated heterocycles. The molecular weight excluding hydrogens is 333 g/mol. The number of hydrogen-bond donors (Lipinski definition) is 1. The topological polar surface area (TPSA) is 49.7 Å². The summed E-state index contributed by atoms with van der Waals surface area (Å²) in [6.07, 6.45) is 2.25. The summed E-state index contributed by atoms with van der Waals surface area (Å²) >= 11 is 12.1. The number of nitrogens with zero attached hydrogens (tertiary/aromatic N) is 1. The molecule has 0 radical (unpaired) electrons.